The van der Waals surface area contributed by atoms with Crippen LogP contribution in [-0.4, -0.2) is 22.2 Å². The fraction of sp³-hybridized carbons (Fsp3) is 0.875. The summed E-state index contributed by atoms with van der Waals surface area (Å²) >= 11 is 0. The molecule has 2 N–H and O–H groups in total. The van der Waals surface area contributed by atoms with Crippen molar-refractivity contribution in [2.75, 3.05) is 0 Å². The monoisotopic (exact) mass is 432 g/mol. The maximum absolute atomic E-state index is 10.4. The average molecular weight is 435 g/mol. The van der Waals surface area contributed by atoms with Crippen molar-refractivity contribution in [2.45, 2.75) is 79.1 Å². The van der Waals surface area contributed by atoms with Crippen molar-refractivity contribution in [1.82, 2.24) is 0 Å². The average Bonchev–Trinajstić information content (AvgIpc) is 2.40. The van der Waals surface area contributed by atoms with E-state index in [1.165, 1.54) is 0 Å². The van der Waals surface area contributed by atoms with E-state index in [-0.39, 0.29) is 56.3 Å². The number of hydrogen-bond acceptors (Lipinski definition) is 2. The largest absolute Gasteiger partial charge is 2.00 e. The smallest absolute Gasteiger partial charge is 2.00 e. The van der Waals surface area contributed by atoms with Gasteiger partial charge in [-0.1, -0.05) is 53.4 Å². The number of unbranched alkanes of at least 4 members (excludes halogenated alkanes) is 2. The summed E-state index contributed by atoms with van der Waals surface area (Å²) in [5, 5.41) is 17.2. The maximum Gasteiger partial charge on any atom is 2.00 e. The molecule has 0 heterocycles. The van der Waals surface area contributed by atoms with Gasteiger partial charge in [0.05, 0.1) is 11.8 Å². The van der Waals surface area contributed by atoms with E-state index in [2.05, 4.69) is 13.8 Å². The molecule has 0 aromatic heterocycles. The van der Waals surface area contributed by atoms with Gasteiger partial charge < -0.3 is 15.7 Å². The second kappa shape index (κ2) is 24.4. The van der Waals surface area contributed by atoms with Crippen molar-refractivity contribution in [1.29, 1.82) is 0 Å². The Morgan fingerprint density at radius 3 is 1.13 bits per heavy atom. The van der Waals surface area contributed by atoms with Gasteiger partial charge in [-0.15, -0.1) is 0 Å². The van der Waals surface area contributed by atoms with Gasteiger partial charge in [0, 0.05) is 0 Å². The van der Waals surface area contributed by atoms with Crippen LogP contribution in [0.4, 0.5) is 0 Å². The minimum Gasteiger partial charge on any atom is -2.00 e. The van der Waals surface area contributed by atoms with Crippen molar-refractivity contribution in [3.05, 3.63) is 0 Å². The molecule has 0 aliphatic carbocycles. The first-order valence-corrected chi connectivity index (χ1v) is 7.89. The summed E-state index contributed by atoms with van der Waals surface area (Å²) in [7, 11) is 0. The first-order valence-electron chi connectivity index (χ1n) is 7.89. The summed E-state index contributed by atoms with van der Waals surface area (Å²) < 4.78 is 0. The van der Waals surface area contributed by atoms with E-state index in [1.54, 1.807) is 0 Å². The van der Waals surface area contributed by atoms with Gasteiger partial charge in [-0.25, -0.2) is 0 Å². The van der Waals surface area contributed by atoms with E-state index in [9.17, 15) is 9.59 Å². The zero-order chi connectivity index (χ0) is 16.0. The molecule has 23 heavy (non-hydrogen) atoms. The van der Waals surface area contributed by atoms with Crippen molar-refractivity contribution in [3.8, 4) is 0 Å². The molecule has 0 saturated carbocycles. The summed E-state index contributed by atoms with van der Waals surface area (Å²) in [6.07, 6.45) is 7.43. The van der Waals surface area contributed by atoms with Gasteiger partial charge in [0.2, 0.25) is 0 Å². The van der Waals surface area contributed by atoms with Gasteiger partial charge >= 0.3 is 50.9 Å². The van der Waals surface area contributed by atoms with Crippen LogP contribution in [0.1, 0.15) is 79.1 Å². The molecule has 128 valence electrons. The normalized spacial score (nSPS) is 11.3. The Morgan fingerprint density at radius 2 is 1.00 bits per heavy atom. The molecular formula is C16H32O5Zn2+2. The number of carboxylic acid groups (broad SMARTS) is 2. The molecule has 0 amide bonds. The molecule has 0 radical (unpaired) electrons. The summed E-state index contributed by atoms with van der Waals surface area (Å²) in [6.45, 7) is 8.01. The van der Waals surface area contributed by atoms with Gasteiger partial charge in [0.25, 0.3) is 0 Å². The van der Waals surface area contributed by atoms with Crippen LogP contribution in [0.15, 0.2) is 0 Å². The Balaban J connectivity index is -0.0000000831. The van der Waals surface area contributed by atoms with Crippen molar-refractivity contribution < 1.29 is 64.2 Å². The first kappa shape index (κ1) is 34.5. The van der Waals surface area contributed by atoms with E-state index < -0.39 is 11.9 Å². The zero-order valence-electron chi connectivity index (χ0n) is 15.3. The second-order valence-electron chi connectivity index (χ2n) is 5.17. The van der Waals surface area contributed by atoms with Gasteiger partial charge in [0.15, 0.2) is 0 Å². The van der Waals surface area contributed by atoms with Crippen LogP contribution < -0.4 is 0 Å². The van der Waals surface area contributed by atoms with Crippen molar-refractivity contribution in [2.24, 2.45) is 11.8 Å². The second-order valence-corrected chi connectivity index (χ2v) is 5.17. The Labute approximate surface area is 166 Å². The van der Waals surface area contributed by atoms with Crippen LogP contribution >= 0.6 is 0 Å². The SMILES string of the molecule is CCCCC(CC)C(=O)O.CCCCC(CC)C(=O)O.[O-2].[Zn+2].[Zn+2]. The number of aliphatic carboxylic acids is 2. The van der Waals surface area contributed by atoms with E-state index in [1.807, 2.05) is 13.8 Å². The predicted molar refractivity (Wildman–Crippen MR) is 82.6 cm³/mol. The topological polar surface area (TPSA) is 103 Å². The standard InChI is InChI=1S/2C8H16O2.O.2Zn/c2*1-3-5-6-7(4-2)8(9)10;;;/h2*7H,3-6H2,1-2H3,(H,9,10);;;/q;;-2;2*+2. The Hall–Kier alpha value is 0.147. The molecule has 0 spiro atoms. The zero-order valence-corrected chi connectivity index (χ0v) is 21.3. The van der Waals surface area contributed by atoms with Gasteiger partial charge in [-0.2, -0.15) is 0 Å². The Morgan fingerprint density at radius 1 is 0.739 bits per heavy atom. The summed E-state index contributed by atoms with van der Waals surface area (Å²) in [6, 6.07) is 0. The summed E-state index contributed by atoms with van der Waals surface area (Å²) in [4.78, 5) is 20.9. The van der Waals surface area contributed by atoms with Crippen LogP contribution in [-0.2, 0) is 54.0 Å². The number of carbonyl (C=O) groups is 2. The molecule has 5 nitrogen and oxygen atoms in total. The van der Waals surface area contributed by atoms with E-state index in [0.29, 0.717) is 0 Å². The molecule has 0 aliphatic heterocycles. The fourth-order valence-electron chi connectivity index (χ4n) is 1.91. The molecule has 2 atom stereocenters. The van der Waals surface area contributed by atoms with Crippen LogP contribution in [0.5, 0.6) is 0 Å². The van der Waals surface area contributed by atoms with Crippen molar-refractivity contribution >= 4 is 11.9 Å². The Kier molecular flexibility index (Phi) is 36.6. The molecule has 0 bridgehead atoms. The third-order valence-electron chi connectivity index (χ3n) is 3.50. The van der Waals surface area contributed by atoms with Gasteiger partial charge in [-0.05, 0) is 25.7 Å². The third-order valence-corrected chi connectivity index (χ3v) is 3.50. The molecule has 2 unspecified atom stereocenters. The van der Waals surface area contributed by atoms with Crippen LogP contribution in [0.25, 0.3) is 0 Å². The molecule has 0 aromatic carbocycles. The predicted octanol–water partition coefficient (Wildman–Crippen LogP) is 4.45. The fourth-order valence-corrected chi connectivity index (χ4v) is 1.91. The molecule has 0 aromatic rings. The maximum atomic E-state index is 10.4. The van der Waals surface area contributed by atoms with Gasteiger partial charge in [-0.3, -0.25) is 9.59 Å². The van der Waals surface area contributed by atoms with E-state index in [4.69, 9.17) is 10.2 Å². The molecular weight excluding hydrogens is 403 g/mol. The van der Waals surface area contributed by atoms with E-state index >= 15 is 0 Å². The third kappa shape index (κ3) is 22.1. The van der Waals surface area contributed by atoms with Gasteiger partial charge in [0.1, 0.15) is 0 Å². The molecule has 0 rings (SSSR count). The molecule has 0 fully saturated rings. The van der Waals surface area contributed by atoms with E-state index in [0.717, 1.165) is 51.4 Å². The molecule has 0 aliphatic rings. The summed E-state index contributed by atoms with van der Waals surface area (Å²) in [5.41, 5.74) is 0. The van der Waals surface area contributed by atoms with Crippen LogP contribution in [0.2, 0.25) is 0 Å². The minimum absolute atomic E-state index is 0. The summed E-state index contributed by atoms with van der Waals surface area (Å²) in [5.74, 6) is -1.51. The molecule has 7 heteroatoms. The quantitative estimate of drug-likeness (QED) is 0.495. The first-order chi connectivity index (χ1) is 9.44. The van der Waals surface area contributed by atoms with Crippen LogP contribution in [0.3, 0.4) is 0 Å². The van der Waals surface area contributed by atoms with Crippen molar-refractivity contribution in [3.63, 3.8) is 0 Å². The Bertz CT molecular complexity index is 237. The minimum atomic E-state index is -0.643. The van der Waals surface area contributed by atoms with Crippen LogP contribution in [0, 0.1) is 11.8 Å². The molecule has 0 saturated heterocycles. The number of carboxylic acids is 2. The number of hydrogen-bond donors (Lipinski definition) is 2. The number of rotatable bonds is 10.